The maximum absolute atomic E-state index is 5.37. The van der Waals surface area contributed by atoms with Gasteiger partial charge in [-0.1, -0.05) is 6.07 Å². The van der Waals surface area contributed by atoms with Gasteiger partial charge in [-0.15, -0.1) is 0 Å². The first-order chi connectivity index (χ1) is 7.97. The second-order valence-corrected chi connectivity index (χ2v) is 4.31. The maximum atomic E-state index is 5.37. The number of nitrogens with zero attached hydrogens (tertiary/aromatic N) is 2. The predicted octanol–water partition coefficient (Wildman–Crippen LogP) is 2.06. The minimum absolute atomic E-state index is 0.0284. The molecule has 1 aromatic carbocycles. The van der Waals surface area contributed by atoms with Crippen molar-refractivity contribution in [1.29, 1.82) is 0 Å². The molecule has 0 unspecified atom stereocenters. The van der Waals surface area contributed by atoms with Crippen molar-refractivity contribution >= 4 is 22.7 Å². The number of guanidine groups is 1. The third-order valence-electron chi connectivity index (χ3n) is 2.68. The van der Waals surface area contributed by atoms with E-state index in [0.29, 0.717) is 5.82 Å². The van der Waals surface area contributed by atoms with Crippen LogP contribution in [0.3, 0.4) is 0 Å². The van der Waals surface area contributed by atoms with Crippen LogP contribution in [0.2, 0.25) is 0 Å². The molecule has 1 aromatic heterocycles. The van der Waals surface area contributed by atoms with Crippen LogP contribution in [-0.4, -0.2) is 10.9 Å². The van der Waals surface area contributed by atoms with Gasteiger partial charge in [-0.05, 0) is 49.6 Å². The Labute approximate surface area is 100 Å². The Balaban J connectivity index is 2.77. The number of aromatic nitrogens is 1. The second-order valence-electron chi connectivity index (χ2n) is 4.31. The number of rotatable bonds is 1. The summed E-state index contributed by atoms with van der Waals surface area (Å²) in [6, 6.07) is 6.09. The maximum Gasteiger partial charge on any atom is 0.192 e. The summed E-state index contributed by atoms with van der Waals surface area (Å²) < 4.78 is 0. The zero-order valence-electron chi connectivity index (χ0n) is 10.3. The van der Waals surface area contributed by atoms with Crippen molar-refractivity contribution in [1.82, 2.24) is 4.98 Å². The Morgan fingerprint density at radius 3 is 2.35 bits per heavy atom. The molecule has 0 fully saturated rings. The number of pyridine rings is 1. The lowest BCUT2D eigenvalue weighted by Crippen LogP contribution is -2.22. The molecule has 0 radical (unpaired) electrons. The van der Waals surface area contributed by atoms with E-state index in [-0.39, 0.29) is 5.96 Å². The van der Waals surface area contributed by atoms with E-state index in [1.165, 1.54) is 16.5 Å². The number of hydrogen-bond acceptors (Lipinski definition) is 2. The molecule has 0 atom stereocenters. The van der Waals surface area contributed by atoms with Gasteiger partial charge in [-0.2, -0.15) is 4.99 Å². The molecule has 0 aliphatic rings. The number of aryl methyl sites for hydroxylation is 3. The van der Waals surface area contributed by atoms with Gasteiger partial charge in [-0.25, -0.2) is 4.98 Å². The summed E-state index contributed by atoms with van der Waals surface area (Å²) in [5.41, 5.74) is 15.2. The van der Waals surface area contributed by atoms with Crippen molar-refractivity contribution < 1.29 is 0 Å². The SMILES string of the molecule is Cc1cc(C)c2c(C)cc(N=C(N)N)nc2c1. The second kappa shape index (κ2) is 4.05. The van der Waals surface area contributed by atoms with E-state index in [9.17, 15) is 0 Å². The summed E-state index contributed by atoms with van der Waals surface area (Å²) in [5.74, 6) is 0.584. The van der Waals surface area contributed by atoms with Crippen molar-refractivity contribution in [2.45, 2.75) is 20.8 Å². The predicted molar refractivity (Wildman–Crippen MR) is 71.4 cm³/mol. The summed E-state index contributed by atoms with van der Waals surface area (Å²) >= 11 is 0. The number of hydrogen-bond donors (Lipinski definition) is 2. The van der Waals surface area contributed by atoms with E-state index in [1.807, 2.05) is 19.1 Å². The van der Waals surface area contributed by atoms with Crippen molar-refractivity contribution in [3.05, 3.63) is 34.9 Å². The lowest BCUT2D eigenvalue weighted by molar-refractivity contribution is 1.27. The van der Waals surface area contributed by atoms with Crippen molar-refractivity contribution in [2.24, 2.45) is 16.5 Å². The van der Waals surface area contributed by atoms with Crippen LogP contribution in [-0.2, 0) is 0 Å². The minimum Gasteiger partial charge on any atom is -0.370 e. The molecule has 0 amide bonds. The van der Waals surface area contributed by atoms with Gasteiger partial charge < -0.3 is 11.5 Å². The summed E-state index contributed by atoms with van der Waals surface area (Å²) in [5, 5.41) is 1.17. The smallest absolute Gasteiger partial charge is 0.192 e. The van der Waals surface area contributed by atoms with E-state index in [0.717, 1.165) is 11.1 Å². The Morgan fingerprint density at radius 1 is 1.06 bits per heavy atom. The van der Waals surface area contributed by atoms with Gasteiger partial charge in [0.25, 0.3) is 0 Å². The molecule has 4 N–H and O–H groups in total. The van der Waals surface area contributed by atoms with Crippen LogP contribution in [0, 0.1) is 20.8 Å². The highest BCUT2D eigenvalue weighted by Crippen LogP contribution is 2.25. The molecular formula is C13H16N4. The summed E-state index contributed by atoms with van der Waals surface area (Å²) in [4.78, 5) is 8.44. The lowest BCUT2D eigenvalue weighted by Gasteiger charge is -2.08. The average Bonchev–Trinajstić information content (AvgIpc) is 2.13. The fraction of sp³-hybridized carbons (Fsp3) is 0.231. The van der Waals surface area contributed by atoms with Crippen LogP contribution in [0.5, 0.6) is 0 Å². The topological polar surface area (TPSA) is 77.3 Å². The number of benzene rings is 1. The normalized spacial score (nSPS) is 10.5. The van der Waals surface area contributed by atoms with Crippen LogP contribution in [0.1, 0.15) is 16.7 Å². The van der Waals surface area contributed by atoms with Gasteiger partial charge in [0.1, 0.15) is 0 Å². The molecule has 17 heavy (non-hydrogen) atoms. The molecule has 0 saturated carbocycles. The Hall–Kier alpha value is -2.10. The van der Waals surface area contributed by atoms with Crippen molar-refractivity contribution in [2.75, 3.05) is 0 Å². The molecule has 2 rings (SSSR count). The average molecular weight is 228 g/mol. The van der Waals surface area contributed by atoms with Crippen molar-refractivity contribution in [3.63, 3.8) is 0 Å². The van der Waals surface area contributed by atoms with Crippen LogP contribution >= 0.6 is 0 Å². The third kappa shape index (κ3) is 2.20. The summed E-state index contributed by atoms with van der Waals surface area (Å²) in [6.45, 7) is 6.18. The lowest BCUT2D eigenvalue weighted by atomic mass is 10.0. The Morgan fingerprint density at radius 2 is 1.71 bits per heavy atom. The minimum atomic E-state index is 0.0284. The summed E-state index contributed by atoms with van der Waals surface area (Å²) in [7, 11) is 0. The van der Waals surface area contributed by atoms with Crippen molar-refractivity contribution in [3.8, 4) is 0 Å². The highest BCUT2D eigenvalue weighted by Gasteiger charge is 2.05. The molecule has 0 aliphatic heterocycles. The number of aliphatic imine (C=N–C) groups is 1. The first-order valence-electron chi connectivity index (χ1n) is 5.45. The third-order valence-corrected chi connectivity index (χ3v) is 2.68. The zero-order valence-corrected chi connectivity index (χ0v) is 10.3. The first kappa shape index (κ1) is 11.4. The molecule has 0 aliphatic carbocycles. The van der Waals surface area contributed by atoms with Gasteiger partial charge in [0, 0.05) is 5.39 Å². The first-order valence-corrected chi connectivity index (χ1v) is 5.45. The summed E-state index contributed by atoms with van der Waals surface area (Å²) in [6.07, 6.45) is 0. The molecule has 0 saturated heterocycles. The fourth-order valence-electron chi connectivity index (χ4n) is 2.16. The van der Waals surface area contributed by atoms with E-state index >= 15 is 0 Å². The molecular weight excluding hydrogens is 212 g/mol. The number of fused-ring (bicyclic) bond motifs is 1. The van der Waals surface area contributed by atoms with E-state index < -0.39 is 0 Å². The van der Waals surface area contributed by atoms with E-state index in [2.05, 4.69) is 29.9 Å². The monoisotopic (exact) mass is 228 g/mol. The molecule has 88 valence electrons. The Bertz CT molecular complexity index is 610. The number of nitrogens with two attached hydrogens (primary N) is 2. The molecule has 2 aromatic rings. The van der Waals surface area contributed by atoms with Gasteiger partial charge in [0.2, 0.25) is 0 Å². The highest BCUT2D eigenvalue weighted by molar-refractivity contribution is 5.88. The van der Waals surface area contributed by atoms with Crippen LogP contribution in [0.15, 0.2) is 23.2 Å². The van der Waals surface area contributed by atoms with Gasteiger partial charge in [0.05, 0.1) is 5.52 Å². The standard InChI is InChI=1S/C13H16N4/c1-7-4-8(2)12-9(3)6-11(17-13(14)15)16-10(12)5-7/h4-6H,1-3H3,(H4,14,15,16,17). The van der Waals surface area contributed by atoms with E-state index in [4.69, 9.17) is 11.5 Å². The largest absolute Gasteiger partial charge is 0.370 e. The van der Waals surface area contributed by atoms with Gasteiger partial charge in [0.15, 0.2) is 11.8 Å². The zero-order chi connectivity index (χ0) is 12.6. The highest BCUT2D eigenvalue weighted by atomic mass is 15.0. The molecule has 0 spiro atoms. The van der Waals surface area contributed by atoms with Crippen LogP contribution in [0.25, 0.3) is 10.9 Å². The fourth-order valence-corrected chi connectivity index (χ4v) is 2.16. The van der Waals surface area contributed by atoms with E-state index in [1.54, 1.807) is 0 Å². The molecule has 1 heterocycles. The van der Waals surface area contributed by atoms with Gasteiger partial charge >= 0.3 is 0 Å². The van der Waals surface area contributed by atoms with Crippen LogP contribution < -0.4 is 11.5 Å². The molecule has 4 nitrogen and oxygen atoms in total. The molecule has 4 heteroatoms. The molecule has 0 bridgehead atoms. The quantitative estimate of drug-likeness (QED) is 0.579. The Kier molecular flexibility index (Phi) is 2.71. The van der Waals surface area contributed by atoms with Crippen LogP contribution in [0.4, 0.5) is 5.82 Å². The van der Waals surface area contributed by atoms with Gasteiger partial charge in [-0.3, -0.25) is 0 Å².